The summed E-state index contributed by atoms with van der Waals surface area (Å²) in [7, 11) is 1.90. The second-order valence-corrected chi connectivity index (χ2v) is 4.20. The van der Waals surface area contributed by atoms with Gasteiger partial charge < -0.3 is 23.9 Å². The lowest BCUT2D eigenvalue weighted by Crippen LogP contribution is -2.07. The van der Waals surface area contributed by atoms with Crippen LogP contribution < -0.4 is 19.5 Å². The van der Waals surface area contributed by atoms with Crippen LogP contribution >= 0.6 is 0 Å². The van der Waals surface area contributed by atoms with E-state index in [4.69, 9.17) is 18.6 Å². The van der Waals surface area contributed by atoms with Gasteiger partial charge >= 0.3 is 0 Å². The Morgan fingerprint density at radius 2 is 2.11 bits per heavy atom. The summed E-state index contributed by atoms with van der Waals surface area (Å²) in [4.78, 5) is 0. The largest absolute Gasteiger partial charge is 0.486 e. The van der Waals surface area contributed by atoms with Crippen molar-refractivity contribution in [2.45, 2.75) is 13.2 Å². The number of furan rings is 1. The molecule has 3 rings (SSSR count). The van der Waals surface area contributed by atoms with Crippen LogP contribution in [0.3, 0.4) is 0 Å². The SMILES string of the molecule is CNCc1ccoc1COc1ccc2c(c1)OCO2. The van der Waals surface area contributed by atoms with Crippen molar-refractivity contribution in [3.63, 3.8) is 0 Å². The number of nitrogens with one attached hydrogen (secondary N) is 1. The molecule has 5 heteroatoms. The Morgan fingerprint density at radius 3 is 3.00 bits per heavy atom. The Kier molecular flexibility index (Phi) is 3.29. The van der Waals surface area contributed by atoms with Gasteiger partial charge in [-0.3, -0.25) is 0 Å². The molecule has 0 saturated heterocycles. The lowest BCUT2D eigenvalue weighted by Gasteiger charge is -2.07. The summed E-state index contributed by atoms with van der Waals surface area (Å²) in [5.74, 6) is 3.02. The summed E-state index contributed by atoms with van der Waals surface area (Å²) in [5.41, 5.74) is 1.10. The first-order chi connectivity index (χ1) is 9.36. The van der Waals surface area contributed by atoms with Crippen molar-refractivity contribution in [3.8, 4) is 17.2 Å². The molecule has 1 aromatic heterocycles. The van der Waals surface area contributed by atoms with Gasteiger partial charge in [0.1, 0.15) is 18.1 Å². The zero-order valence-corrected chi connectivity index (χ0v) is 10.6. The molecule has 19 heavy (non-hydrogen) atoms. The predicted octanol–water partition coefficient (Wildman–Crippen LogP) is 2.31. The Labute approximate surface area is 111 Å². The van der Waals surface area contributed by atoms with Crippen LogP contribution in [0.4, 0.5) is 0 Å². The van der Waals surface area contributed by atoms with E-state index in [0.29, 0.717) is 12.4 Å². The molecule has 0 unspecified atom stereocenters. The number of benzene rings is 1. The van der Waals surface area contributed by atoms with E-state index < -0.39 is 0 Å². The van der Waals surface area contributed by atoms with Gasteiger partial charge in [0.2, 0.25) is 6.79 Å². The van der Waals surface area contributed by atoms with Crippen LogP contribution in [-0.4, -0.2) is 13.8 Å². The van der Waals surface area contributed by atoms with E-state index >= 15 is 0 Å². The molecule has 2 heterocycles. The number of ether oxygens (including phenoxy) is 3. The van der Waals surface area contributed by atoms with Gasteiger partial charge in [0.05, 0.1) is 6.26 Å². The van der Waals surface area contributed by atoms with Crippen LogP contribution in [0.2, 0.25) is 0 Å². The smallest absolute Gasteiger partial charge is 0.231 e. The van der Waals surface area contributed by atoms with Crippen LogP contribution in [0.5, 0.6) is 17.2 Å². The first kappa shape index (κ1) is 11.9. The van der Waals surface area contributed by atoms with Gasteiger partial charge in [0, 0.05) is 18.2 Å². The molecule has 0 fully saturated rings. The molecule has 0 bridgehead atoms. The van der Waals surface area contributed by atoms with Gasteiger partial charge in [-0.1, -0.05) is 0 Å². The molecule has 0 spiro atoms. The molecular weight excluding hydrogens is 246 g/mol. The van der Waals surface area contributed by atoms with E-state index in [9.17, 15) is 0 Å². The highest BCUT2D eigenvalue weighted by atomic mass is 16.7. The lowest BCUT2D eigenvalue weighted by molar-refractivity contribution is 0.173. The second kappa shape index (κ2) is 5.24. The average Bonchev–Trinajstić information content (AvgIpc) is 3.05. The molecule has 1 aromatic carbocycles. The minimum absolute atomic E-state index is 0.267. The van der Waals surface area contributed by atoms with Crippen molar-refractivity contribution < 1.29 is 18.6 Å². The second-order valence-electron chi connectivity index (χ2n) is 4.20. The molecule has 5 nitrogen and oxygen atoms in total. The minimum Gasteiger partial charge on any atom is -0.486 e. The summed E-state index contributed by atoms with van der Waals surface area (Å²) < 4.78 is 21.7. The molecule has 2 aromatic rings. The van der Waals surface area contributed by atoms with Gasteiger partial charge in [-0.15, -0.1) is 0 Å². The fraction of sp³-hybridized carbons (Fsp3) is 0.286. The van der Waals surface area contributed by atoms with Crippen LogP contribution in [0.1, 0.15) is 11.3 Å². The van der Waals surface area contributed by atoms with Crippen molar-refractivity contribution in [3.05, 3.63) is 41.9 Å². The lowest BCUT2D eigenvalue weighted by atomic mass is 10.2. The van der Waals surface area contributed by atoms with Gasteiger partial charge in [0.25, 0.3) is 0 Å². The van der Waals surface area contributed by atoms with Gasteiger partial charge in [0.15, 0.2) is 11.5 Å². The summed E-state index contributed by atoms with van der Waals surface area (Å²) in [6.07, 6.45) is 1.67. The summed E-state index contributed by atoms with van der Waals surface area (Å²) in [6, 6.07) is 7.46. The van der Waals surface area contributed by atoms with Gasteiger partial charge in [-0.25, -0.2) is 0 Å². The molecular formula is C14H15NO4. The number of rotatable bonds is 5. The summed E-state index contributed by atoms with van der Waals surface area (Å²) in [5, 5.41) is 3.09. The highest BCUT2D eigenvalue weighted by Gasteiger charge is 2.14. The molecule has 0 amide bonds. The van der Waals surface area contributed by atoms with E-state index in [0.717, 1.165) is 29.4 Å². The van der Waals surface area contributed by atoms with Crippen molar-refractivity contribution in [2.24, 2.45) is 0 Å². The zero-order valence-electron chi connectivity index (χ0n) is 10.6. The average molecular weight is 261 g/mol. The number of fused-ring (bicyclic) bond motifs is 1. The molecule has 1 N–H and O–H groups in total. The quantitative estimate of drug-likeness (QED) is 0.895. The van der Waals surface area contributed by atoms with Crippen LogP contribution in [0.15, 0.2) is 34.9 Å². The molecule has 1 aliphatic heterocycles. The van der Waals surface area contributed by atoms with Gasteiger partial charge in [-0.05, 0) is 25.2 Å². The highest BCUT2D eigenvalue weighted by molar-refractivity contribution is 5.46. The van der Waals surface area contributed by atoms with E-state index in [2.05, 4.69) is 5.32 Å². The maximum absolute atomic E-state index is 5.71. The monoisotopic (exact) mass is 261 g/mol. The minimum atomic E-state index is 0.267. The van der Waals surface area contributed by atoms with Crippen LogP contribution in [-0.2, 0) is 13.2 Å². The predicted molar refractivity (Wildman–Crippen MR) is 68.4 cm³/mol. The van der Waals surface area contributed by atoms with Crippen molar-refractivity contribution in [1.29, 1.82) is 0 Å². The van der Waals surface area contributed by atoms with Crippen molar-refractivity contribution in [2.75, 3.05) is 13.8 Å². The Bertz CT molecular complexity index is 564. The number of hydrogen-bond donors (Lipinski definition) is 1. The molecule has 100 valence electrons. The zero-order chi connectivity index (χ0) is 13.1. The fourth-order valence-corrected chi connectivity index (χ4v) is 1.96. The molecule has 0 atom stereocenters. The summed E-state index contributed by atoms with van der Waals surface area (Å²) >= 11 is 0. The molecule has 0 radical (unpaired) electrons. The fourth-order valence-electron chi connectivity index (χ4n) is 1.96. The van der Waals surface area contributed by atoms with E-state index in [1.54, 1.807) is 6.26 Å². The van der Waals surface area contributed by atoms with Crippen LogP contribution in [0, 0.1) is 0 Å². The standard InChI is InChI=1S/C14H15NO4/c1-15-7-10-4-5-16-14(10)8-17-11-2-3-12-13(6-11)19-9-18-12/h2-6,15H,7-9H2,1H3. The molecule has 0 saturated carbocycles. The number of hydrogen-bond acceptors (Lipinski definition) is 5. The maximum Gasteiger partial charge on any atom is 0.231 e. The molecule has 0 aliphatic carbocycles. The Balaban J connectivity index is 1.67. The van der Waals surface area contributed by atoms with E-state index in [1.165, 1.54) is 0 Å². The van der Waals surface area contributed by atoms with Crippen molar-refractivity contribution in [1.82, 2.24) is 5.32 Å². The maximum atomic E-state index is 5.71. The van der Waals surface area contributed by atoms with Crippen LogP contribution in [0.25, 0.3) is 0 Å². The third-order valence-electron chi connectivity index (χ3n) is 2.92. The molecule has 1 aliphatic rings. The Morgan fingerprint density at radius 1 is 1.21 bits per heavy atom. The van der Waals surface area contributed by atoms with E-state index in [-0.39, 0.29) is 6.79 Å². The summed E-state index contributed by atoms with van der Waals surface area (Å²) in [6.45, 7) is 1.42. The topological polar surface area (TPSA) is 52.9 Å². The highest BCUT2D eigenvalue weighted by Crippen LogP contribution is 2.35. The van der Waals surface area contributed by atoms with Crippen molar-refractivity contribution >= 4 is 0 Å². The first-order valence-corrected chi connectivity index (χ1v) is 6.09. The first-order valence-electron chi connectivity index (χ1n) is 6.09. The van der Waals surface area contributed by atoms with E-state index in [1.807, 2.05) is 31.3 Å². The Hall–Kier alpha value is -2.14. The third-order valence-corrected chi connectivity index (χ3v) is 2.92. The van der Waals surface area contributed by atoms with Gasteiger partial charge in [-0.2, -0.15) is 0 Å². The third kappa shape index (κ3) is 2.51. The normalized spacial score (nSPS) is 12.7.